The van der Waals surface area contributed by atoms with Gasteiger partial charge in [-0.25, -0.2) is 0 Å². The molecule has 2 aliphatic heterocycles. The molecular formula is C17H24N4O2. The molecule has 1 spiro atoms. The maximum absolute atomic E-state index is 12.1. The minimum atomic E-state index is -0.164. The zero-order chi connectivity index (χ0) is 16.4. The van der Waals surface area contributed by atoms with Crippen molar-refractivity contribution in [3.63, 3.8) is 0 Å². The molecule has 6 nitrogen and oxygen atoms in total. The molecule has 1 atom stereocenters. The Morgan fingerprint density at radius 3 is 2.70 bits per heavy atom. The van der Waals surface area contributed by atoms with Crippen molar-refractivity contribution in [2.24, 2.45) is 5.41 Å². The SMILES string of the molecule is CC(=O)N1CCN(Cc2ccccn2)C[C@@]2(CC(=O)N(C)C2)C1. The molecular weight excluding hydrogens is 292 g/mol. The van der Waals surface area contributed by atoms with E-state index in [-0.39, 0.29) is 17.2 Å². The number of nitrogens with zero attached hydrogens (tertiary/aromatic N) is 4. The summed E-state index contributed by atoms with van der Waals surface area (Å²) in [5, 5.41) is 0. The first kappa shape index (κ1) is 15.9. The molecule has 23 heavy (non-hydrogen) atoms. The molecule has 0 N–H and O–H groups in total. The third kappa shape index (κ3) is 3.52. The van der Waals surface area contributed by atoms with Crippen LogP contribution in [-0.4, -0.2) is 71.3 Å². The molecule has 2 aliphatic rings. The highest BCUT2D eigenvalue weighted by atomic mass is 16.2. The predicted octanol–water partition coefficient (Wildman–Crippen LogP) is 0.594. The number of rotatable bonds is 2. The molecule has 2 amide bonds. The van der Waals surface area contributed by atoms with Crippen LogP contribution in [0.1, 0.15) is 19.0 Å². The number of likely N-dealkylation sites (tertiary alicyclic amines) is 1. The van der Waals surface area contributed by atoms with E-state index in [1.807, 2.05) is 30.1 Å². The largest absolute Gasteiger partial charge is 0.345 e. The molecule has 0 bridgehead atoms. The molecule has 0 saturated carbocycles. The fraction of sp³-hybridized carbons (Fsp3) is 0.588. The van der Waals surface area contributed by atoms with E-state index in [9.17, 15) is 9.59 Å². The van der Waals surface area contributed by atoms with Crippen molar-refractivity contribution in [3.8, 4) is 0 Å². The van der Waals surface area contributed by atoms with Gasteiger partial charge in [-0.1, -0.05) is 6.07 Å². The number of aromatic nitrogens is 1. The Balaban J connectivity index is 1.80. The smallest absolute Gasteiger partial charge is 0.223 e. The summed E-state index contributed by atoms with van der Waals surface area (Å²) in [7, 11) is 1.85. The van der Waals surface area contributed by atoms with Crippen LogP contribution in [-0.2, 0) is 16.1 Å². The summed E-state index contributed by atoms with van der Waals surface area (Å²) in [6.07, 6.45) is 2.32. The van der Waals surface area contributed by atoms with E-state index >= 15 is 0 Å². The first-order chi connectivity index (χ1) is 11.0. The molecule has 0 radical (unpaired) electrons. The second-order valence-electron chi connectivity index (χ2n) is 6.90. The van der Waals surface area contributed by atoms with Crippen LogP contribution in [0, 0.1) is 5.41 Å². The van der Waals surface area contributed by atoms with Gasteiger partial charge in [0.15, 0.2) is 0 Å². The van der Waals surface area contributed by atoms with Gasteiger partial charge >= 0.3 is 0 Å². The van der Waals surface area contributed by atoms with Crippen molar-refractivity contribution >= 4 is 11.8 Å². The molecule has 2 saturated heterocycles. The Kier molecular flexibility index (Phi) is 4.35. The number of hydrogen-bond acceptors (Lipinski definition) is 4. The van der Waals surface area contributed by atoms with Crippen LogP contribution < -0.4 is 0 Å². The van der Waals surface area contributed by atoms with Gasteiger partial charge in [-0.05, 0) is 12.1 Å². The van der Waals surface area contributed by atoms with Gasteiger partial charge in [-0.15, -0.1) is 0 Å². The van der Waals surface area contributed by atoms with E-state index in [2.05, 4.69) is 9.88 Å². The van der Waals surface area contributed by atoms with E-state index in [0.29, 0.717) is 26.1 Å². The number of carbonyl (C=O) groups is 2. The van der Waals surface area contributed by atoms with Gasteiger partial charge in [0.1, 0.15) is 0 Å². The molecule has 6 heteroatoms. The van der Waals surface area contributed by atoms with E-state index in [1.54, 1.807) is 18.0 Å². The van der Waals surface area contributed by atoms with E-state index < -0.39 is 0 Å². The van der Waals surface area contributed by atoms with Gasteiger partial charge in [0.25, 0.3) is 0 Å². The number of hydrogen-bond donors (Lipinski definition) is 0. The average Bonchev–Trinajstić information content (AvgIpc) is 2.68. The molecule has 0 unspecified atom stereocenters. The maximum Gasteiger partial charge on any atom is 0.223 e. The zero-order valence-corrected chi connectivity index (χ0v) is 13.9. The van der Waals surface area contributed by atoms with Gasteiger partial charge in [-0.2, -0.15) is 0 Å². The summed E-state index contributed by atoms with van der Waals surface area (Å²) >= 11 is 0. The summed E-state index contributed by atoms with van der Waals surface area (Å²) in [4.78, 5) is 34.4. The van der Waals surface area contributed by atoms with Gasteiger partial charge in [-0.3, -0.25) is 19.5 Å². The average molecular weight is 316 g/mol. The number of pyridine rings is 1. The Hall–Kier alpha value is -1.95. The molecule has 1 aromatic heterocycles. The molecule has 1 aromatic rings. The van der Waals surface area contributed by atoms with Crippen LogP contribution in [0.25, 0.3) is 0 Å². The first-order valence-corrected chi connectivity index (χ1v) is 8.09. The Morgan fingerprint density at radius 2 is 2.09 bits per heavy atom. The molecule has 0 aromatic carbocycles. The van der Waals surface area contributed by atoms with Gasteiger partial charge in [0, 0.05) is 71.3 Å². The van der Waals surface area contributed by atoms with Crippen LogP contribution in [0.3, 0.4) is 0 Å². The Morgan fingerprint density at radius 1 is 1.26 bits per heavy atom. The van der Waals surface area contributed by atoms with Crippen molar-refractivity contribution in [3.05, 3.63) is 30.1 Å². The normalized spacial score (nSPS) is 25.9. The van der Waals surface area contributed by atoms with E-state index in [1.165, 1.54) is 0 Å². The third-order valence-electron chi connectivity index (χ3n) is 4.85. The maximum atomic E-state index is 12.1. The van der Waals surface area contributed by atoms with Crippen LogP contribution in [0.2, 0.25) is 0 Å². The molecule has 0 aliphatic carbocycles. The highest BCUT2D eigenvalue weighted by Crippen LogP contribution is 2.34. The minimum absolute atomic E-state index is 0.0889. The molecule has 3 heterocycles. The second kappa shape index (κ2) is 6.28. The highest BCUT2D eigenvalue weighted by Gasteiger charge is 2.45. The lowest BCUT2D eigenvalue weighted by molar-refractivity contribution is -0.130. The van der Waals surface area contributed by atoms with Crippen LogP contribution in [0.5, 0.6) is 0 Å². The van der Waals surface area contributed by atoms with E-state index in [4.69, 9.17) is 0 Å². The van der Waals surface area contributed by atoms with Crippen LogP contribution >= 0.6 is 0 Å². The summed E-state index contributed by atoms with van der Waals surface area (Å²) in [5.74, 6) is 0.263. The second-order valence-corrected chi connectivity index (χ2v) is 6.90. The number of carbonyl (C=O) groups excluding carboxylic acids is 2. The standard InChI is InChI=1S/C17H24N4O2/c1-14(22)21-8-7-20(10-15-5-3-4-6-18-15)12-17(13-21)9-16(23)19(2)11-17/h3-6H,7-13H2,1-2H3/t17-/m0/s1. The van der Waals surface area contributed by atoms with Gasteiger partial charge < -0.3 is 9.80 Å². The van der Waals surface area contributed by atoms with E-state index in [0.717, 1.165) is 25.3 Å². The van der Waals surface area contributed by atoms with Crippen molar-refractivity contribution in [2.45, 2.75) is 19.9 Å². The third-order valence-corrected chi connectivity index (χ3v) is 4.85. The summed E-state index contributed by atoms with van der Waals surface area (Å²) < 4.78 is 0. The summed E-state index contributed by atoms with van der Waals surface area (Å²) in [6.45, 7) is 6.10. The first-order valence-electron chi connectivity index (χ1n) is 8.09. The Labute approximate surface area is 137 Å². The van der Waals surface area contributed by atoms with Crippen LogP contribution in [0.15, 0.2) is 24.4 Å². The lowest BCUT2D eigenvalue weighted by atomic mass is 9.86. The fourth-order valence-corrected chi connectivity index (χ4v) is 3.79. The van der Waals surface area contributed by atoms with Crippen molar-refractivity contribution < 1.29 is 9.59 Å². The van der Waals surface area contributed by atoms with Crippen LogP contribution in [0.4, 0.5) is 0 Å². The molecule has 124 valence electrons. The van der Waals surface area contributed by atoms with Crippen molar-refractivity contribution in [2.75, 3.05) is 39.8 Å². The lowest BCUT2D eigenvalue weighted by Crippen LogP contribution is -2.43. The predicted molar refractivity (Wildman–Crippen MR) is 86.5 cm³/mol. The monoisotopic (exact) mass is 316 g/mol. The van der Waals surface area contributed by atoms with Gasteiger partial charge in [0.05, 0.1) is 5.69 Å². The highest BCUT2D eigenvalue weighted by molar-refractivity contribution is 5.79. The number of amides is 2. The summed E-state index contributed by atoms with van der Waals surface area (Å²) in [6, 6.07) is 5.92. The van der Waals surface area contributed by atoms with Gasteiger partial charge in [0.2, 0.25) is 11.8 Å². The topological polar surface area (TPSA) is 56.8 Å². The molecule has 2 fully saturated rings. The van der Waals surface area contributed by atoms with Crippen molar-refractivity contribution in [1.29, 1.82) is 0 Å². The lowest BCUT2D eigenvalue weighted by Gasteiger charge is -2.33. The van der Waals surface area contributed by atoms with Crippen molar-refractivity contribution in [1.82, 2.24) is 19.7 Å². The minimum Gasteiger partial charge on any atom is -0.345 e. The Bertz CT molecular complexity index is 592. The quantitative estimate of drug-likeness (QED) is 0.801. The zero-order valence-electron chi connectivity index (χ0n) is 13.9. The summed E-state index contributed by atoms with van der Waals surface area (Å²) in [5.41, 5.74) is 0.861. The molecule has 3 rings (SSSR count). The fourth-order valence-electron chi connectivity index (χ4n) is 3.79.